The Morgan fingerprint density at radius 2 is 1.95 bits per heavy atom. The molecule has 1 aromatic carbocycles. The third-order valence-electron chi connectivity index (χ3n) is 3.97. The summed E-state index contributed by atoms with van der Waals surface area (Å²) >= 11 is 12.0. The predicted molar refractivity (Wildman–Crippen MR) is 84.8 cm³/mol. The fourth-order valence-electron chi connectivity index (χ4n) is 2.86. The molecule has 1 saturated carbocycles. The molecule has 1 fully saturated rings. The zero-order valence-corrected chi connectivity index (χ0v) is 14.2. The second kappa shape index (κ2) is 6.15. The number of nitrogens with zero attached hydrogens (tertiary/aromatic N) is 1. The number of benzene rings is 1. The Morgan fingerprint density at radius 1 is 1.29 bits per heavy atom. The van der Waals surface area contributed by atoms with Gasteiger partial charge >= 0.3 is 0 Å². The largest absolute Gasteiger partial charge is 0.337 e. The van der Waals surface area contributed by atoms with Gasteiger partial charge in [-0.05, 0) is 31.4 Å². The molecule has 0 bridgehead atoms. The molecule has 1 amide bonds. The number of sulfone groups is 1. The highest BCUT2D eigenvalue weighted by molar-refractivity contribution is 7.91. The van der Waals surface area contributed by atoms with Gasteiger partial charge in [-0.15, -0.1) is 0 Å². The van der Waals surface area contributed by atoms with Crippen molar-refractivity contribution in [1.29, 1.82) is 0 Å². The van der Waals surface area contributed by atoms with Crippen molar-refractivity contribution in [2.24, 2.45) is 0 Å². The lowest BCUT2D eigenvalue weighted by Crippen LogP contribution is -2.44. The Hall–Kier alpha value is -0.780. The Bertz CT molecular complexity index is 660. The van der Waals surface area contributed by atoms with E-state index in [4.69, 9.17) is 23.2 Å². The summed E-state index contributed by atoms with van der Waals surface area (Å²) in [7, 11) is -1.56. The maximum Gasteiger partial charge on any atom is 0.255 e. The summed E-state index contributed by atoms with van der Waals surface area (Å²) in [5, 5.41) is -0.00340. The maximum atomic E-state index is 12.6. The molecular formula is C14H17Cl2NO3S. The fourth-order valence-corrected chi connectivity index (χ4v) is 4.72. The van der Waals surface area contributed by atoms with Crippen molar-refractivity contribution >= 4 is 38.9 Å². The molecule has 0 spiro atoms. The van der Waals surface area contributed by atoms with E-state index in [1.165, 1.54) is 11.2 Å². The van der Waals surface area contributed by atoms with E-state index in [9.17, 15) is 13.2 Å². The molecule has 2 atom stereocenters. The minimum atomic E-state index is -3.18. The molecule has 2 rings (SSSR count). The van der Waals surface area contributed by atoms with Crippen molar-refractivity contribution in [3.63, 3.8) is 0 Å². The minimum absolute atomic E-state index is 0.199. The van der Waals surface area contributed by atoms with E-state index in [-0.39, 0.29) is 17.0 Å². The van der Waals surface area contributed by atoms with Crippen LogP contribution in [0.3, 0.4) is 0 Å². The van der Waals surface area contributed by atoms with E-state index in [1.54, 1.807) is 25.2 Å². The van der Waals surface area contributed by atoms with Crippen LogP contribution in [0.2, 0.25) is 10.0 Å². The van der Waals surface area contributed by atoms with Gasteiger partial charge in [0.2, 0.25) is 0 Å². The van der Waals surface area contributed by atoms with Crippen LogP contribution in [0.4, 0.5) is 0 Å². The van der Waals surface area contributed by atoms with Crippen LogP contribution in [-0.4, -0.2) is 43.8 Å². The molecule has 0 aliphatic heterocycles. The van der Waals surface area contributed by atoms with E-state index in [0.717, 1.165) is 6.42 Å². The standard InChI is InChI=1S/C14H17Cl2NO3S/c1-17(11-7-4-8-12(11)21(2,19)20)14(18)9-5-3-6-10(15)13(9)16/h3,5-6,11-12H,4,7-8H2,1-2H3. The average molecular weight is 350 g/mol. The number of hydrogen-bond acceptors (Lipinski definition) is 3. The zero-order chi connectivity index (χ0) is 15.8. The van der Waals surface area contributed by atoms with Crippen molar-refractivity contribution in [1.82, 2.24) is 4.90 Å². The third kappa shape index (κ3) is 3.35. The first-order chi connectivity index (χ1) is 9.73. The number of hydrogen-bond donors (Lipinski definition) is 0. The number of carbonyl (C=O) groups excluding carboxylic acids is 1. The van der Waals surface area contributed by atoms with Crippen LogP contribution in [-0.2, 0) is 9.84 Å². The van der Waals surface area contributed by atoms with Crippen molar-refractivity contribution in [3.05, 3.63) is 33.8 Å². The lowest BCUT2D eigenvalue weighted by atomic mass is 10.1. The highest BCUT2D eigenvalue weighted by Gasteiger charge is 2.39. The minimum Gasteiger partial charge on any atom is -0.337 e. The predicted octanol–water partition coefficient (Wildman–Crippen LogP) is 3.03. The summed E-state index contributed by atoms with van der Waals surface area (Å²) in [4.78, 5) is 14.0. The molecule has 0 heterocycles. The third-order valence-corrected chi connectivity index (χ3v) is 6.44. The molecule has 116 valence electrons. The van der Waals surface area contributed by atoms with Crippen LogP contribution in [0, 0.1) is 0 Å². The molecule has 4 nitrogen and oxygen atoms in total. The summed E-state index contributed by atoms with van der Waals surface area (Å²) in [6, 6.07) is 4.54. The molecule has 1 aliphatic carbocycles. The summed E-state index contributed by atoms with van der Waals surface area (Å²) in [5.41, 5.74) is 0.297. The van der Waals surface area contributed by atoms with Gasteiger partial charge in [-0.3, -0.25) is 4.79 Å². The average Bonchev–Trinajstić information content (AvgIpc) is 2.89. The van der Waals surface area contributed by atoms with Gasteiger partial charge in [-0.1, -0.05) is 29.3 Å². The SMILES string of the molecule is CN(C(=O)c1cccc(Cl)c1Cl)C1CCCC1S(C)(=O)=O. The topological polar surface area (TPSA) is 54.5 Å². The quantitative estimate of drug-likeness (QED) is 0.842. The summed E-state index contributed by atoms with van der Waals surface area (Å²) in [6.45, 7) is 0. The van der Waals surface area contributed by atoms with Crippen molar-refractivity contribution in [3.8, 4) is 0 Å². The normalized spacial score (nSPS) is 22.3. The monoisotopic (exact) mass is 349 g/mol. The van der Waals surface area contributed by atoms with E-state index >= 15 is 0 Å². The molecule has 0 N–H and O–H groups in total. The van der Waals surface area contributed by atoms with Gasteiger partial charge in [0.15, 0.2) is 9.84 Å². The van der Waals surface area contributed by atoms with Crippen LogP contribution in [0.5, 0.6) is 0 Å². The van der Waals surface area contributed by atoms with E-state index in [0.29, 0.717) is 23.4 Å². The number of rotatable bonds is 3. The van der Waals surface area contributed by atoms with Crippen molar-refractivity contribution < 1.29 is 13.2 Å². The highest BCUT2D eigenvalue weighted by Crippen LogP contribution is 2.31. The number of carbonyl (C=O) groups is 1. The molecule has 1 aliphatic rings. The first kappa shape index (κ1) is 16.6. The smallest absolute Gasteiger partial charge is 0.255 e. The number of amides is 1. The second-order valence-electron chi connectivity index (χ2n) is 5.38. The number of halogens is 2. The fraction of sp³-hybridized carbons (Fsp3) is 0.500. The van der Waals surface area contributed by atoms with Crippen LogP contribution in [0.25, 0.3) is 0 Å². The second-order valence-corrected chi connectivity index (χ2v) is 8.43. The highest BCUT2D eigenvalue weighted by atomic mass is 35.5. The maximum absolute atomic E-state index is 12.6. The van der Waals surface area contributed by atoms with E-state index in [1.807, 2.05) is 0 Å². The van der Waals surface area contributed by atoms with E-state index in [2.05, 4.69) is 0 Å². The summed E-state index contributed by atoms with van der Waals surface area (Å²) in [5.74, 6) is -0.303. The summed E-state index contributed by atoms with van der Waals surface area (Å²) in [6.07, 6.45) is 3.28. The summed E-state index contributed by atoms with van der Waals surface area (Å²) < 4.78 is 23.7. The van der Waals surface area contributed by atoms with Gasteiger partial charge < -0.3 is 4.90 Å². The van der Waals surface area contributed by atoms with Crippen LogP contribution < -0.4 is 0 Å². The Kier molecular flexibility index (Phi) is 4.85. The molecular weight excluding hydrogens is 333 g/mol. The van der Waals surface area contributed by atoms with Gasteiger partial charge in [-0.25, -0.2) is 8.42 Å². The van der Waals surface area contributed by atoms with Crippen molar-refractivity contribution in [2.45, 2.75) is 30.6 Å². The van der Waals surface area contributed by atoms with Crippen molar-refractivity contribution in [2.75, 3.05) is 13.3 Å². The Labute approximate surface area is 134 Å². The van der Waals surface area contributed by atoms with Gasteiger partial charge in [0.25, 0.3) is 5.91 Å². The molecule has 0 radical (unpaired) electrons. The van der Waals surface area contributed by atoms with E-state index < -0.39 is 15.1 Å². The molecule has 21 heavy (non-hydrogen) atoms. The lowest BCUT2D eigenvalue weighted by molar-refractivity contribution is 0.0737. The van der Waals surface area contributed by atoms with Crippen LogP contribution >= 0.6 is 23.2 Å². The Balaban J connectivity index is 2.29. The van der Waals surface area contributed by atoms with Gasteiger partial charge in [0, 0.05) is 19.3 Å². The zero-order valence-electron chi connectivity index (χ0n) is 11.8. The molecule has 2 unspecified atom stereocenters. The molecule has 0 saturated heterocycles. The Morgan fingerprint density at radius 3 is 2.57 bits per heavy atom. The molecule has 0 aromatic heterocycles. The molecule has 7 heteroatoms. The van der Waals surface area contributed by atoms with Gasteiger partial charge in [0.05, 0.1) is 20.9 Å². The van der Waals surface area contributed by atoms with Crippen LogP contribution in [0.1, 0.15) is 29.6 Å². The molecule has 1 aromatic rings. The van der Waals surface area contributed by atoms with Gasteiger partial charge in [0.1, 0.15) is 0 Å². The first-order valence-electron chi connectivity index (χ1n) is 6.63. The van der Waals surface area contributed by atoms with Gasteiger partial charge in [-0.2, -0.15) is 0 Å². The lowest BCUT2D eigenvalue weighted by Gasteiger charge is -2.29. The first-order valence-corrected chi connectivity index (χ1v) is 9.34. The van der Waals surface area contributed by atoms with Crippen LogP contribution in [0.15, 0.2) is 18.2 Å².